The molecule has 0 bridgehead atoms. The Balaban J connectivity index is 1.93. The van der Waals surface area contributed by atoms with Crippen molar-refractivity contribution >= 4 is 35.0 Å². The summed E-state index contributed by atoms with van der Waals surface area (Å²) in [6.45, 7) is 6.59. The molecule has 0 saturated carbocycles. The molecule has 1 heterocycles. The average Bonchev–Trinajstić information content (AvgIpc) is 2.99. The van der Waals surface area contributed by atoms with Gasteiger partial charge in [-0.25, -0.2) is 0 Å². The second-order valence-corrected chi connectivity index (χ2v) is 7.65. The van der Waals surface area contributed by atoms with Crippen LogP contribution in [-0.2, 0) is 6.54 Å². The first kappa shape index (κ1) is 18.1. The Kier molecular flexibility index (Phi) is 5.84. The van der Waals surface area contributed by atoms with Gasteiger partial charge in [-0.05, 0) is 42.8 Å². The van der Waals surface area contributed by atoms with E-state index in [1.165, 1.54) is 0 Å². The molecule has 0 spiro atoms. The van der Waals surface area contributed by atoms with Crippen LogP contribution in [0.4, 0.5) is 0 Å². The van der Waals surface area contributed by atoms with Gasteiger partial charge in [-0.2, -0.15) is 0 Å². The molecule has 1 atom stereocenters. The summed E-state index contributed by atoms with van der Waals surface area (Å²) in [6.07, 6.45) is 1.84. The van der Waals surface area contributed by atoms with Gasteiger partial charge in [0.1, 0.15) is 0 Å². The molecule has 0 aliphatic rings. The predicted octanol–water partition coefficient (Wildman–Crippen LogP) is 6.29. The highest BCUT2D eigenvalue weighted by atomic mass is 35.5. The van der Waals surface area contributed by atoms with E-state index in [2.05, 4.69) is 23.7 Å². The lowest BCUT2D eigenvalue weighted by Crippen LogP contribution is -2.01. The molecule has 0 amide bonds. The van der Waals surface area contributed by atoms with Gasteiger partial charge in [-0.15, -0.1) is 16.8 Å². The van der Waals surface area contributed by atoms with Crippen molar-refractivity contribution in [3.8, 4) is 11.4 Å². The third-order valence-electron chi connectivity index (χ3n) is 3.76. The van der Waals surface area contributed by atoms with Crippen LogP contribution in [0, 0.1) is 0 Å². The Bertz CT molecular complexity index is 875. The Morgan fingerprint density at radius 2 is 1.84 bits per heavy atom. The van der Waals surface area contributed by atoms with Crippen molar-refractivity contribution < 1.29 is 0 Å². The van der Waals surface area contributed by atoms with Crippen molar-refractivity contribution in [2.75, 3.05) is 0 Å². The van der Waals surface area contributed by atoms with Crippen molar-refractivity contribution in [2.24, 2.45) is 0 Å². The highest BCUT2D eigenvalue weighted by molar-refractivity contribution is 7.99. The number of hydrogen-bond donors (Lipinski definition) is 0. The van der Waals surface area contributed by atoms with E-state index in [0.29, 0.717) is 11.6 Å². The summed E-state index contributed by atoms with van der Waals surface area (Å²) in [5.74, 6) is 0.797. The van der Waals surface area contributed by atoms with Gasteiger partial charge in [-0.1, -0.05) is 59.2 Å². The lowest BCUT2D eigenvalue weighted by Gasteiger charge is -2.14. The largest absolute Gasteiger partial charge is 0.298 e. The zero-order valence-corrected chi connectivity index (χ0v) is 16.0. The quantitative estimate of drug-likeness (QED) is 0.366. The SMILES string of the molecule is C=CCn1c(S[C@@H](C)c2ccccc2Cl)nnc1-c1ccc(Cl)cc1. The number of hydrogen-bond acceptors (Lipinski definition) is 3. The van der Waals surface area contributed by atoms with E-state index in [1.807, 2.05) is 59.2 Å². The van der Waals surface area contributed by atoms with Gasteiger partial charge in [0.05, 0.1) is 0 Å². The summed E-state index contributed by atoms with van der Waals surface area (Å²) in [7, 11) is 0. The monoisotopic (exact) mass is 389 g/mol. The topological polar surface area (TPSA) is 30.7 Å². The minimum absolute atomic E-state index is 0.152. The van der Waals surface area contributed by atoms with E-state index in [4.69, 9.17) is 23.2 Å². The van der Waals surface area contributed by atoms with Crippen molar-refractivity contribution in [1.29, 1.82) is 0 Å². The number of allylic oxidation sites excluding steroid dienone is 1. The summed E-state index contributed by atoms with van der Waals surface area (Å²) >= 11 is 13.9. The molecule has 3 rings (SSSR count). The Hall–Kier alpha value is -1.75. The molecule has 6 heteroatoms. The van der Waals surface area contributed by atoms with Gasteiger partial charge >= 0.3 is 0 Å². The molecule has 0 fully saturated rings. The average molecular weight is 390 g/mol. The van der Waals surface area contributed by atoms with Crippen LogP contribution in [0.2, 0.25) is 10.0 Å². The Labute approximate surface area is 161 Å². The maximum atomic E-state index is 6.32. The smallest absolute Gasteiger partial charge is 0.192 e. The van der Waals surface area contributed by atoms with Crippen molar-refractivity contribution in [1.82, 2.24) is 14.8 Å². The molecule has 3 nitrogen and oxygen atoms in total. The van der Waals surface area contributed by atoms with Crippen LogP contribution in [0.1, 0.15) is 17.7 Å². The summed E-state index contributed by atoms with van der Waals surface area (Å²) in [5.41, 5.74) is 2.05. The Morgan fingerprint density at radius 1 is 1.12 bits per heavy atom. The van der Waals surface area contributed by atoms with E-state index >= 15 is 0 Å². The number of benzene rings is 2. The number of thioether (sulfide) groups is 1. The third kappa shape index (κ3) is 4.09. The van der Waals surface area contributed by atoms with E-state index in [1.54, 1.807) is 11.8 Å². The molecular formula is C19H17Cl2N3S. The fourth-order valence-corrected chi connectivity index (χ4v) is 4.02. The minimum atomic E-state index is 0.152. The molecule has 0 unspecified atom stereocenters. The lowest BCUT2D eigenvalue weighted by molar-refractivity contribution is 0.729. The molecule has 0 N–H and O–H groups in total. The van der Waals surface area contributed by atoms with Gasteiger partial charge in [0.2, 0.25) is 0 Å². The molecule has 0 aliphatic heterocycles. The van der Waals surface area contributed by atoms with Crippen LogP contribution in [0.15, 0.2) is 66.3 Å². The van der Waals surface area contributed by atoms with Crippen LogP contribution < -0.4 is 0 Å². The molecule has 1 aromatic heterocycles. The normalized spacial score (nSPS) is 12.1. The molecule has 3 aromatic rings. The predicted molar refractivity (Wildman–Crippen MR) is 106 cm³/mol. The second kappa shape index (κ2) is 8.09. The van der Waals surface area contributed by atoms with Gasteiger partial charge in [0, 0.05) is 27.4 Å². The Morgan fingerprint density at radius 3 is 2.52 bits per heavy atom. The first-order valence-corrected chi connectivity index (χ1v) is 9.45. The fourth-order valence-electron chi connectivity index (χ4n) is 2.51. The maximum absolute atomic E-state index is 6.32. The molecule has 0 aliphatic carbocycles. The van der Waals surface area contributed by atoms with E-state index in [0.717, 1.165) is 27.1 Å². The molecule has 2 aromatic carbocycles. The van der Waals surface area contributed by atoms with E-state index in [9.17, 15) is 0 Å². The van der Waals surface area contributed by atoms with Crippen LogP contribution in [-0.4, -0.2) is 14.8 Å². The highest BCUT2D eigenvalue weighted by Gasteiger charge is 2.18. The molecule has 128 valence electrons. The second-order valence-electron chi connectivity index (χ2n) is 5.49. The van der Waals surface area contributed by atoms with Crippen LogP contribution in [0.5, 0.6) is 0 Å². The number of nitrogens with zero attached hydrogens (tertiary/aromatic N) is 3. The van der Waals surface area contributed by atoms with Crippen LogP contribution >= 0.6 is 35.0 Å². The maximum Gasteiger partial charge on any atom is 0.192 e. The highest BCUT2D eigenvalue weighted by Crippen LogP contribution is 2.38. The van der Waals surface area contributed by atoms with Crippen molar-refractivity contribution in [2.45, 2.75) is 23.9 Å². The molecule has 25 heavy (non-hydrogen) atoms. The molecule has 0 saturated heterocycles. The third-order valence-corrected chi connectivity index (χ3v) is 5.47. The standard InChI is InChI=1S/C19H17Cl2N3S/c1-3-12-24-18(14-8-10-15(20)11-9-14)22-23-19(24)25-13(2)16-6-4-5-7-17(16)21/h3-11,13H,1,12H2,2H3/t13-/m0/s1. The number of aromatic nitrogens is 3. The molecular weight excluding hydrogens is 373 g/mol. The van der Waals surface area contributed by atoms with Crippen LogP contribution in [0.25, 0.3) is 11.4 Å². The fraction of sp³-hybridized carbons (Fsp3) is 0.158. The first-order valence-electron chi connectivity index (χ1n) is 7.81. The molecule has 0 radical (unpaired) electrons. The lowest BCUT2D eigenvalue weighted by atomic mass is 10.2. The van der Waals surface area contributed by atoms with Gasteiger partial charge in [-0.3, -0.25) is 4.57 Å². The van der Waals surface area contributed by atoms with Gasteiger partial charge < -0.3 is 0 Å². The van der Waals surface area contributed by atoms with Gasteiger partial charge in [0.25, 0.3) is 0 Å². The summed E-state index contributed by atoms with van der Waals surface area (Å²) < 4.78 is 2.05. The van der Waals surface area contributed by atoms with Crippen molar-refractivity contribution in [3.63, 3.8) is 0 Å². The summed E-state index contributed by atoms with van der Waals surface area (Å²) in [6, 6.07) is 15.4. The van der Waals surface area contributed by atoms with Crippen LogP contribution in [0.3, 0.4) is 0 Å². The van der Waals surface area contributed by atoms with E-state index in [-0.39, 0.29) is 5.25 Å². The summed E-state index contributed by atoms with van der Waals surface area (Å²) in [5, 5.41) is 11.2. The minimum Gasteiger partial charge on any atom is -0.298 e. The number of rotatable bonds is 6. The van der Waals surface area contributed by atoms with E-state index < -0.39 is 0 Å². The van der Waals surface area contributed by atoms with Crippen molar-refractivity contribution in [3.05, 3.63) is 76.8 Å². The zero-order valence-electron chi connectivity index (χ0n) is 13.7. The number of halogens is 2. The van der Waals surface area contributed by atoms with Gasteiger partial charge in [0.15, 0.2) is 11.0 Å². The first-order chi connectivity index (χ1) is 12.1. The summed E-state index contributed by atoms with van der Waals surface area (Å²) in [4.78, 5) is 0. The zero-order chi connectivity index (χ0) is 17.8.